The minimum Gasteiger partial charge on any atom is -0.383 e. The second-order valence-corrected chi connectivity index (χ2v) is 4.83. The van der Waals surface area contributed by atoms with Gasteiger partial charge in [-0.2, -0.15) is 0 Å². The molecule has 16 heavy (non-hydrogen) atoms. The van der Waals surface area contributed by atoms with Crippen LogP contribution in [0, 0.1) is 0 Å². The maximum absolute atomic E-state index is 5.65. The van der Waals surface area contributed by atoms with Crippen LogP contribution < -0.4 is 10.6 Å². The highest BCUT2D eigenvalue weighted by atomic mass is 32.1. The van der Waals surface area contributed by atoms with Crippen molar-refractivity contribution in [1.82, 2.24) is 4.98 Å². The Morgan fingerprint density at radius 1 is 1.25 bits per heavy atom. The van der Waals surface area contributed by atoms with Crippen LogP contribution in [0.5, 0.6) is 0 Å². The quantitative estimate of drug-likeness (QED) is 0.818. The summed E-state index contributed by atoms with van der Waals surface area (Å²) >= 11 is 1.62. The van der Waals surface area contributed by atoms with Gasteiger partial charge in [0.05, 0.1) is 0 Å². The van der Waals surface area contributed by atoms with Gasteiger partial charge in [-0.15, -0.1) is 11.3 Å². The van der Waals surface area contributed by atoms with E-state index in [1.165, 1.54) is 11.1 Å². The number of thiazole rings is 1. The summed E-state index contributed by atoms with van der Waals surface area (Å²) in [6, 6.07) is 8.61. The van der Waals surface area contributed by atoms with Gasteiger partial charge in [-0.3, -0.25) is 0 Å². The zero-order valence-corrected chi connectivity index (χ0v) is 9.70. The molecule has 0 radical (unpaired) electrons. The first-order valence-electron chi connectivity index (χ1n) is 5.35. The molecular formula is C12H13N3S. The number of anilines is 2. The van der Waals surface area contributed by atoms with Crippen LogP contribution in [0.3, 0.4) is 0 Å². The molecule has 82 valence electrons. The van der Waals surface area contributed by atoms with Crippen LogP contribution >= 0.6 is 11.3 Å². The van der Waals surface area contributed by atoms with E-state index in [4.69, 9.17) is 5.73 Å². The molecule has 1 aliphatic heterocycles. The largest absolute Gasteiger partial charge is 0.383 e. The van der Waals surface area contributed by atoms with Crippen LogP contribution in [-0.4, -0.2) is 11.5 Å². The predicted octanol–water partition coefficient (Wildman–Crippen LogP) is 2.29. The summed E-state index contributed by atoms with van der Waals surface area (Å²) in [6.45, 7) is 1.98. The van der Waals surface area contributed by atoms with E-state index in [1.54, 1.807) is 11.3 Å². The zero-order valence-electron chi connectivity index (χ0n) is 8.89. The summed E-state index contributed by atoms with van der Waals surface area (Å²) in [5, 5.41) is 2.93. The van der Waals surface area contributed by atoms with Gasteiger partial charge < -0.3 is 10.6 Å². The molecule has 1 aromatic carbocycles. The molecular weight excluding hydrogens is 218 g/mol. The van der Waals surface area contributed by atoms with Gasteiger partial charge in [0.25, 0.3) is 0 Å². The van der Waals surface area contributed by atoms with Crippen molar-refractivity contribution in [2.24, 2.45) is 0 Å². The molecule has 2 aromatic rings. The van der Waals surface area contributed by atoms with Crippen LogP contribution in [0.25, 0.3) is 0 Å². The Morgan fingerprint density at radius 2 is 2.06 bits per heavy atom. The van der Waals surface area contributed by atoms with Crippen molar-refractivity contribution in [3.05, 3.63) is 40.8 Å². The normalized spacial score (nSPS) is 14.9. The molecule has 1 aliphatic rings. The molecule has 3 nitrogen and oxygen atoms in total. The molecule has 0 saturated heterocycles. The first-order valence-corrected chi connectivity index (χ1v) is 6.23. The third kappa shape index (κ3) is 1.65. The Labute approximate surface area is 98.5 Å². The summed E-state index contributed by atoms with van der Waals surface area (Å²) in [4.78, 5) is 6.62. The van der Waals surface area contributed by atoms with Crippen molar-refractivity contribution in [1.29, 1.82) is 0 Å². The van der Waals surface area contributed by atoms with Gasteiger partial charge in [-0.1, -0.05) is 24.3 Å². The van der Waals surface area contributed by atoms with Gasteiger partial charge in [-0.25, -0.2) is 4.98 Å². The molecule has 2 heterocycles. The average Bonchev–Trinajstić information content (AvgIpc) is 2.75. The minimum atomic E-state index is 0.624. The van der Waals surface area contributed by atoms with Crippen LogP contribution in [-0.2, 0) is 13.0 Å². The van der Waals surface area contributed by atoms with Gasteiger partial charge in [0.15, 0.2) is 5.13 Å². The number of hydrogen-bond acceptors (Lipinski definition) is 4. The molecule has 2 N–H and O–H groups in total. The van der Waals surface area contributed by atoms with E-state index in [0.29, 0.717) is 5.82 Å². The molecule has 0 fully saturated rings. The highest BCUT2D eigenvalue weighted by Crippen LogP contribution is 2.27. The molecule has 1 aromatic heterocycles. The topological polar surface area (TPSA) is 42.1 Å². The Bertz CT molecular complexity index is 506. The lowest BCUT2D eigenvalue weighted by Gasteiger charge is -2.28. The Balaban J connectivity index is 1.88. The number of nitrogen functional groups attached to an aromatic ring is 1. The second-order valence-electron chi connectivity index (χ2n) is 4.00. The molecule has 4 heteroatoms. The van der Waals surface area contributed by atoms with Crippen molar-refractivity contribution in [2.75, 3.05) is 17.2 Å². The SMILES string of the molecule is Nc1csc(N2CCc3ccccc3C2)n1. The van der Waals surface area contributed by atoms with E-state index in [-0.39, 0.29) is 0 Å². The van der Waals surface area contributed by atoms with E-state index in [1.807, 2.05) is 5.38 Å². The standard InChI is InChI=1S/C12H13N3S/c13-11-8-16-12(14-11)15-6-5-9-3-1-2-4-10(9)7-15/h1-4,8H,5-7,13H2. The minimum absolute atomic E-state index is 0.624. The molecule has 0 unspecified atom stereocenters. The number of fused-ring (bicyclic) bond motifs is 1. The smallest absolute Gasteiger partial charge is 0.187 e. The maximum Gasteiger partial charge on any atom is 0.187 e. The van der Waals surface area contributed by atoms with Crippen molar-refractivity contribution in [2.45, 2.75) is 13.0 Å². The Hall–Kier alpha value is -1.55. The van der Waals surface area contributed by atoms with Crippen molar-refractivity contribution in [3.8, 4) is 0 Å². The fourth-order valence-corrected chi connectivity index (χ4v) is 2.82. The summed E-state index contributed by atoms with van der Waals surface area (Å²) in [6.07, 6.45) is 1.09. The lowest BCUT2D eigenvalue weighted by atomic mass is 10.0. The Kier molecular flexibility index (Phi) is 2.29. The number of rotatable bonds is 1. The van der Waals surface area contributed by atoms with Crippen molar-refractivity contribution in [3.63, 3.8) is 0 Å². The van der Waals surface area contributed by atoms with Crippen molar-refractivity contribution < 1.29 is 0 Å². The maximum atomic E-state index is 5.65. The van der Waals surface area contributed by atoms with Crippen LogP contribution in [0.2, 0.25) is 0 Å². The third-order valence-corrected chi connectivity index (χ3v) is 3.83. The summed E-state index contributed by atoms with van der Waals surface area (Å²) in [7, 11) is 0. The number of nitrogens with two attached hydrogens (primary N) is 1. The summed E-state index contributed by atoms with van der Waals surface area (Å²) < 4.78 is 0. The van der Waals surface area contributed by atoms with Gasteiger partial charge in [-0.05, 0) is 17.5 Å². The number of hydrogen-bond donors (Lipinski definition) is 1. The van der Waals surface area contributed by atoms with E-state index in [0.717, 1.165) is 24.6 Å². The van der Waals surface area contributed by atoms with E-state index in [2.05, 4.69) is 34.1 Å². The average molecular weight is 231 g/mol. The second kappa shape index (κ2) is 3.79. The molecule has 0 amide bonds. The molecule has 0 saturated carbocycles. The van der Waals surface area contributed by atoms with Gasteiger partial charge >= 0.3 is 0 Å². The van der Waals surface area contributed by atoms with E-state index in [9.17, 15) is 0 Å². The third-order valence-electron chi connectivity index (χ3n) is 2.91. The molecule has 0 spiro atoms. The fourth-order valence-electron chi connectivity index (χ4n) is 2.08. The van der Waals surface area contributed by atoms with Crippen LogP contribution in [0.15, 0.2) is 29.6 Å². The number of nitrogens with zero attached hydrogens (tertiary/aromatic N) is 2. The van der Waals surface area contributed by atoms with E-state index < -0.39 is 0 Å². The molecule has 0 atom stereocenters. The lowest BCUT2D eigenvalue weighted by Crippen LogP contribution is -2.30. The van der Waals surface area contributed by atoms with E-state index >= 15 is 0 Å². The fraction of sp³-hybridized carbons (Fsp3) is 0.250. The number of aromatic nitrogens is 1. The molecule has 0 bridgehead atoms. The van der Waals surface area contributed by atoms with Gasteiger partial charge in [0.2, 0.25) is 0 Å². The molecule has 3 rings (SSSR count). The summed E-state index contributed by atoms with van der Waals surface area (Å²) in [5.74, 6) is 0.624. The monoisotopic (exact) mass is 231 g/mol. The van der Waals surface area contributed by atoms with Crippen LogP contribution in [0.4, 0.5) is 10.9 Å². The summed E-state index contributed by atoms with van der Waals surface area (Å²) in [5.41, 5.74) is 8.52. The predicted molar refractivity (Wildman–Crippen MR) is 67.7 cm³/mol. The Morgan fingerprint density at radius 3 is 2.81 bits per heavy atom. The van der Waals surface area contributed by atoms with Gasteiger partial charge in [0.1, 0.15) is 5.82 Å². The zero-order chi connectivity index (χ0) is 11.0. The van der Waals surface area contributed by atoms with Crippen molar-refractivity contribution >= 4 is 22.3 Å². The van der Waals surface area contributed by atoms with Gasteiger partial charge in [0, 0.05) is 18.5 Å². The highest BCUT2D eigenvalue weighted by molar-refractivity contribution is 7.14. The highest BCUT2D eigenvalue weighted by Gasteiger charge is 2.17. The van der Waals surface area contributed by atoms with Crippen LogP contribution in [0.1, 0.15) is 11.1 Å². The first kappa shape index (κ1) is 9.66. The first-order chi connectivity index (χ1) is 7.83. The number of benzene rings is 1. The molecule has 0 aliphatic carbocycles. The lowest BCUT2D eigenvalue weighted by molar-refractivity contribution is 0.729.